The number of imide groups is 1. The van der Waals surface area contributed by atoms with Crippen molar-refractivity contribution in [2.45, 2.75) is 57.5 Å². The molecule has 7 nitrogen and oxygen atoms in total. The number of hydrogen-bond donors (Lipinski definition) is 1. The number of para-hydroxylation sites is 1. The van der Waals surface area contributed by atoms with Crippen molar-refractivity contribution in [3.8, 4) is 5.75 Å². The van der Waals surface area contributed by atoms with Crippen LogP contribution < -0.4 is 15.0 Å². The Kier molecular flexibility index (Phi) is 6.73. The first kappa shape index (κ1) is 21.9. The quantitative estimate of drug-likeness (QED) is 0.616. The molecule has 4 amide bonds. The Labute approximate surface area is 188 Å². The average molecular weight is 436 g/mol. The molecule has 7 heteroatoms. The summed E-state index contributed by atoms with van der Waals surface area (Å²) < 4.78 is 5.57. The van der Waals surface area contributed by atoms with Gasteiger partial charge in [-0.1, -0.05) is 38.0 Å². The molecule has 1 heterocycles. The van der Waals surface area contributed by atoms with Gasteiger partial charge in [0.25, 0.3) is 5.91 Å². The molecule has 0 bridgehead atoms. The van der Waals surface area contributed by atoms with Gasteiger partial charge in [-0.2, -0.15) is 0 Å². The molecule has 2 fully saturated rings. The van der Waals surface area contributed by atoms with E-state index < -0.39 is 6.04 Å². The van der Waals surface area contributed by atoms with Gasteiger partial charge in [-0.25, -0.2) is 9.69 Å². The van der Waals surface area contributed by atoms with E-state index >= 15 is 0 Å². The normalized spacial score (nSPS) is 19.0. The number of ether oxygens (including phenoxy) is 1. The lowest BCUT2D eigenvalue weighted by Crippen LogP contribution is -2.43. The predicted molar refractivity (Wildman–Crippen MR) is 123 cm³/mol. The van der Waals surface area contributed by atoms with Crippen LogP contribution in [-0.2, 0) is 9.59 Å². The third-order valence-corrected chi connectivity index (χ3v) is 5.98. The Bertz CT molecular complexity index is 955. The molecule has 0 aromatic heterocycles. The minimum absolute atomic E-state index is 0.00652. The van der Waals surface area contributed by atoms with Crippen LogP contribution in [0.5, 0.6) is 5.75 Å². The smallest absolute Gasteiger partial charge is 0.332 e. The molecule has 0 spiro atoms. The molecule has 0 unspecified atom stereocenters. The molecular formula is C25H29N3O4. The van der Waals surface area contributed by atoms with Crippen molar-refractivity contribution in [1.82, 2.24) is 4.90 Å². The van der Waals surface area contributed by atoms with Gasteiger partial charge in [0.15, 0.2) is 0 Å². The van der Waals surface area contributed by atoms with Crippen molar-refractivity contribution in [1.29, 1.82) is 0 Å². The molecule has 1 saturated carbocycles. The minimum Gasteiger partial charge on any atom is -0.494 e. The van der Waals surface area contributed by atoms with Crippen LogP contribution in [0.15, 0.2) is 54.6 Å². The van der Waals surface area contributed by atoms with Crippen molar-refractivity contribution in [3.05, 3.63) is 54.6 Å². The molecule has 1 atom stereocenters. The first-order valence-electron chi connectivity index (χ1n) is 11.3. The fourth-order valence-electron chi connectivity index (χ4n) is 4.45. The number of urea groups is 1. The summed E-state index contributed by atoms with van der Waals surface area (Å²) in [6.45, 7) is 2.68. The van der Waals surface area contributed by atoms with Gasteiger partial charge in [-0.3, -0.25) is 9.59 Å². The van der Waals surface area contributed by atoms with Gasteiger partial charge in [-0.15, -0.1) is 0 Å². The topological polar surface area (TPSA) is 79.0 Å². The van der Waals surface area contributed by atoms with Gasteiger partial charge >= 0.3 is 6.03 Å². The highest BCUT2D eigenvalue weighted by Crippen LogP contribution is 2.34. The molecule has 2 aromatic carbocycles. The summed E-state index contributed by atoms with van der Waals surface area (Å²) in [5, 5.41) is 2.85. The maximum Gasteiger partial charge on any atom is 0.332 e. The number of nitrogens with one attached hydrogen (secondary N) is 1. The van der Waals surface area contributed by atoms with Crippen LogP contribution in [-0.4, -0.2) is 41.4 Å². The second-order valence-corrected chi connectivity index (χ2v) is 8.28. The molecule has 4 rings (SSSR count). The van der Waals surface area contributed by atoms with Crippen molar-refractivity contribution < 1.29 is 19.1 Å². The summed E-state index contributed by atoms with van der Waals surface area (Å²) in [7, 11) is 0. The third kappa shape index (κ3) is 4.61. The Morgan fingerprint density at radius 2 is 1.72 bits per heavy atom. The number of amides is 4. The van der Waals surface area contributed by atoms with Gasteiger partial charge < -0.3 is 15.0 Å². The molecule has 1 aliphatic heterocycles. The first-order valence-corrected chi connectivity index (χ1v) is 11.3. The number of hydrogen-bond acceptors (Lipinski definition) is 4. The summed E-state index contributed by atoms with van der Waals surface area (Å²) in [5.74, 6) is 0.107. The van der Waals surface area contributed by atoms with Crippen LogP contribution in [0.1, 0.15) is 45.4 Å². The van der Waals surface area contributed by atoms with E-state index in [4.69, 9.17) is 4.74 Å². The fourth-order valence-corrected chi connectivity index (χ4v) is 4.45. The number of anilines is 2. The SMILES string of the molecule is CCCOc1ccc(NC(=O)C[C@H]2C(=O)N(c3ccccc3)C(=O)N2C2CCCC2)cc1. The van der Waals surface area contributed by atoms with Crippen LogP contribution in [0, 0.1) is 0 Å². The van der Waals surface area contributed by atoms with Crippen LogP contribution in [0.3, 0.4) is 0 Å². The Morgan fingerprint density at radius 1 is 1.03 bits per heavy atom. The lowest BCUT2D eigenvalue weighted by molar-refractivity contribution is -0.124. The van der Waals surface area contributed by atoms with E-state index in [0.29, 0.717) is 18.0 Å². The van der Waals surface area contributed by atoms with Crippen molar-refractivity contribution in [3.63, 3.8) is 0 Å². The second kappa shape index (κ2) is 9.85. The molecule has 2 aromatic rings. The molecule has 0 radical (unpaired) electrons. The average Bonchev–Trinajstić information content (AvgIpc) is 3.40. The molecule has 1 saturated heterocycles. The van der Waals surface area contributed by atoms with Gasteiger partial charge in [0.2, 0.25) is 5.91 Å². The Balaban J connectivity index is 1.49. The molecule has 1 aliphatic carbocycles. The predicted octanol–water partition coefficient (Wildman–Crippen LogP) is 4.58. The zero-order chi connectivity index (χ0) is 22.5. The molecule has 32 heavy (non-hydrogen) atoms. The molecular weight excluding hydrogens is 406 g/mol. The monoisotopic (exact) mass is 435 g/mol. The maximum absolute atomic E-state index is 13.3. The van der Waals surface area contributed by atoms with E-state index in [0.717, 1.165) is 37.9 Å². The van der Waals surface area contributed by atoms with E-state index in [9.17, 15) is 14.4 Å². The lowest BCUT2D eigenvalue weighted by Gasteiger charge is -2.27. The first-order chi connectivity index (χ1) is 15.6. The van der Waals surface area contributed by atoms with Crippen LogP contribution in [0.25, 0.3) is 0 Å². The zero-order valence-electron chi connectivity index (χ0n) is 18.3. The van der Waals surface area contributed by atoms with E-state index in [-0.39, 0.29) is 30.3 Å². The highest BCUT2D eigenvalue weighted by atomic mass is 16.5. The minimum atomic E-state index is -0.794. The van der Waals surface area contributed by atoms with E-state index in [1.54, 1.807) is 53.4 Å². The Hall–Kier alpha value is -3.35. The number of carbonyl (C=O) groups excluding carboxylic acids is 3. The van der Waals surface area contributed by atoms with Crippen molar-refractivity contribution in [2.75, 3.05) is 16.8 Å². The van der Waals surface area contributed by atoms with Crippen LogP contribution in [0.4, 0.5) is 16.2 Å². The van der Waals surface area contributed by atoms with E-state index in [2.05, 4.69) is 5.32 Å². The van der Waals surface area contributed by atoms with Gasteiger partial charge in [-0.05, 0) is 55.7 Å². The van der Waals surface area contributed by atoms with Crippen LogP contribution >= 0.6 is 0 Å². The van der Waals surface area contributed by atoms with Crippen molar-refractivity contribution >= 4 is 29.2 Å². The standard InChI is InChI=1S/C25H29N3O4/c1-2-16-32-21-14-12-18(13-15-21)26-23(29)17-22-24(30)28(20-8-4-3-5-9-20)25(31)27(22)19-10-6-7-11-19/h3-5,8-9,12-15,19,22H,2,6-7,10-11,16-17H2,1H3,(H,26,29)/t22-/m0/s1. The lowest BCUT2D eigenvalue weighted by atomic mass is 10.1. The van der Waals surface area contributed by atoms with Gasteiger partial charge in [0, 0.05) is 11.7 Å². The fraction of sp³-hybridized carbons (Fsp3) is 0.400. The highest BCUT2D eigenvalue weighted by molar-refractivity contribution is 6.22. The summed E-state index contributed by atoms with van der Waals surface area (Å²) in [4.78, 5) is 42.2. The molecule has 2 aliphatic rings. The summed E-state index contributed by atoms with van der Waals surface area (Å²) in [6, 6.07) is 14.9. The maximum atomic E-state index is 13.3. The van der Waals surface area contributed by atoms with Crippen molar-refractivity contribution in [2.24, 2.45) is 0 Å². The van der Waals surface area contributed by atoms with Gasteiger partial charge in [0.05, 0.1) is 18.7 Å². The van der Waals surface area contributed by atoms with E-state index in [1.807, 2.05) is 13.0 Å². The Morgan fingerprint density at radius 3 is 2.38 bits per heavy atom. The number of carbonyl (C=O) groups is 3. The van der Waals surface area contributed by atoms with E-state index in [1.165, 1.54) is 4.90 Å². The highest BCUT2D eigenvalue weighted by Gasteiger charge is 2.49. The second-order valence-electron chi connectivity index (χ2n) is 8.28. The zero-order valence-corrected chi connectivity index (χ0v) is 18.3. The van der Waals surface area contributed by atoms with Gasteiger partial charge in [0.1, 0.15) is 11.8 Å². The molecule has 1 N–H and O–H groups in total. The summed E-state index contributed by atoms with van der Waals surface area (Å²) in [6.07, 6.45) is 4.62. The molecule has 168 valence electrons. The summed E-state index contributed by atoms with van der Waals surface area (Å²) in [5.41, 5.74) is 1.17. The number of nitrogens with zero attached hydrogens (tertiary/aromatic N) is 2. The third-order valence-electron chi connectivity index (χ3n) is 5.98. The number of rotatable bonds is 8. The number of benzene rings is 2. The van der Waals surface area contributed by atoms with Crippen LogP contribution in [0.2, 0.25) is 0 Å². The largest absolute Gasteiger partial charge is 0.494 e. The summed E-state index contributed by atoms with van der Waals surface area (Å²) >= 11 is 0.